The predicted octanol–water partition coefficient (Wildman–Crippen LogP) is 4.66. The van der Waals surface area contributed by atoms with Crippen molar-refractivity contribution >= 4 is 22.6 Å². The van der Waals surface area contributed by atoms with Gasteiger partial charge in [-0.25, -0.2) is 0 Å². The number of aryl methyl sites for hydroxylation is 1. The van der Waals surface area contributed by atoms with E-state index in [0.29, 0.717) is 0 Å². The van der Waals surface area contributed by atoms with Gasteiger partial charge in [-0.15, -0.1) is 0 Å². The molecule has 0 radical (unpaired) electrons. The van der Waals surface area contributed by atoms with Gasteiger partial charge in [-0.3, -0.25) is 9.69 Å². The maximum atomic E-state index is 11.6. The highest BCUT2D eigenvalue weighted by molar-refractivity contribution is 5.93. The zero-order valence-corrected chi connectivity index (χ0v) is 17.3. The lowest BCUT2D eigenvalue weighted by atomic mass is 9.91. The van der Waals surface area contributed by atoms with Gasteiger partial charge in [0.2, 0.25) is 5.91 Å². The highest BCUT2D eigenvalue weighted by Gasteiger charge is 2.20. The number of rotatable bonds is 6. The van der Waals surface area contributed by atoms with Crippen molar-refractivity contribution < 1.29 is 9.32 Å². The second-order valence-corrected chi connectivity index (χ2v) is 8.13. The van der Waals surface area contributed by atoms with Crippen molar-refractivity contribution in [1.82, 2.24) is 10.1 Å². The van der Waals surface area contributed by atoms with Crippen LogP contribution in [0.1, 0.15) is 37.4 Å². The van der Waals surface area contributed by atoms with E-state index in [1.54, 1.807) is 18.9 Å². The number of carbonyl (C=O) groups is 1. The topological polar surface area (TPSA) is 49.6 Å². The zero-order valence-electron chi connectivity index (χ0n) is 17.3. The first-order chi connectivity index (χ1) is 14.1. The third-order valence-electron chi connectivity index (χ3n) is 6.14. The van der Waals surface area contributed by atoms with E-state index in [2.05, 4.69) is 40.4 Å². The Morgan fingerprint density at radius 1 is 1.17 bits per heavy atom. The van der Waals surface area contributed by atoms with Crippen LogP contribution in [0.2, 0.25) is 0 Å². The molecule has 0 spiro atoms. The van der Waals surface area contributed by atoms with E-state index in [1.807, 2.05) is 18.2 Å². The number of carbonyl (C=O) groups excluding carboxylic acids is 1. The Kier molecular flexibility index (Phi) is 5.95. The van der Waals surface area contributed by atoms with Crippen LogP contribution in [0.3, 0.4) is 0 Å². The summed E-state index contributed by atoms with van der Waals surface area (Å²) in [5, 5.41) is 5.37. The van der Waals surface area contributed by atoms with Crippen LogP contribution in [0.15, 0.2) is 53.1 Å². The molecule has 0 atom stereocenters. The van der Waals surface area contributed by atoms with Gasteiger partial charge in [-0.1, -0.05) is 35.5 Å². The summed E-state index contributed by atoms with van der Waals surface area (Å²) in [6.45, 7) is 4.94. The van der Waals surface area contributed by atoms with Gasteiger partial charge in [0.05, 0.1) is 5.69 Å². The first-order valence-corrected chi connectivity index (χ1v) is 10.5. The summed E-state index contributed by atoms with van der Waals surface area (Å²) in [4.78, 5) is 15.7. The number of fused-ring (bicyclic) bond motifs is 1. The van der Waals surface area contributed by atoms with Crippen molar-refractivity contribution in [2.45, 2.75) is 39.2 Å². The second-order valence-electron chi connectivity index (χ2n) is 8.13. The predicted molar refractivity (Wildman–Crippen MR) is 116 cm³/mol. The Bertz CT molecular complexity index is 959. The van der Waals surface area contributed by atoms with E-state index >= 15 is 0 Å². The van der Waals surface area contributed by atoms with E-state index in [9.17, 15) is 4.79 Å². The number of nitrogens with zero attached hydrogens (tertiary/aromatic N) is 3. The van der Waals surface area contributed by atoms with Gasteiger partial charge in [0, 0.05) is 37.7 Å². The SMILES string of the molecule is CC(=O)N(C)c1ccc2c(CCC3CCN(Cc4ccccc4)CC3)noc2c1. The monoisotopic (exact) mass is 391 g/mol. The molecular weight excluding hydrogens is 362 g/mol. The lowest BCUT2D eigenvalue weighted by Gasteiger charge is -2.31. The van der Waals surface area contributed by atoms with E-state index in [1.165, 1.54) is 31.5 Å². The number of hydrogen-bond donors (Lipinski definition) is 0. The molecule has 2 aromatic carbocycles. The number of hydrogen-bond acceptors (Lipinski definition) is 4. The molecule has 0 N–H and O–H groups in total. The Morgan fingerprint density at radius 2 is 1.93 bits per heavy atom. The van der Waals surface area contributed by atoms with Crippen molar-refractivity contribution in [3.8, 4) is 0 Å². The Morgan fingerprint density at radius 3 is 2.66 bits per heavy atom. The molecular formula is C24H29N3O2. The molecule has 0 bridgehead atoms. The quantitative estimate of drug-likeness (QED) is 0.613. The molecule has 2 heterocycles. The minimum absolute atomic E-state index is 0.00250. The average molecular weight is 392 g/mol. The Balaban J connectivity index is 1.30. The maximum absolute atomic E-state index is 11.6. The lowest BCUT2D eigenvalue weighted by molar-refractivity contribution is -0.116. The summed E-state index contributed by atoms with van der Waals surface area (Å²) in [7, 11) is 1.77. The number of amides is 1. The van der Waals surface area contributed by atoms with Crippen LogP contribution in [0.5, 0.6) is 0 Å². The third kappa shape index (κ3) is 4.67. The van der Waals surface area contributed by atoms with Gasteiger partial charge in [-0.2, -0.15) is 0 Å². The number of likely N-dealkylation sites (tertiary alicyclic amines) is 1. The highest BCUT2D eigenvalue weighted by Crippen LogP contribution is 2.28. The van der Waals surface area contributed by atoms with E-state index in [4.69, 9.17) is 4.52 Å². The molecule has 3 aromatic rings. The van der Waals surface area contributed by atoms with Gasteiger partial charge in [0.1, 0.15) is 0 Å². The van der Waals surface area contributed by atoms with Crippen LogP contribution in [0.25, 0.3) is 11.0 Å². The number of benzene rings is 2. The van der Waals surface area contributed by atoms with Crippen molar-refractivity contribution in [2.24, 2.45) is 5.92 Å². The third-order valence-corrected chi connectivity index (χ3v) is 6.14. The number of anilines is 1. The van der Waals surface area contributed by atoms with E-state index in [0.717, 1.165) is 47.7 Å². The first-order valence-electron chi connectivity index (χ1n) is 10.5. The first kappa shape index (κ1) is 19.6. The normalized spacial score (nSPS) is 15.7. The molecule has 29 heavy (non-hydrogen) atoms. The molecule has 0 unspecified atom stereocenters. The minimum atomic E-state index is 0.00250. The van der Waals surface area contributed by atoms with Crippen LogP contribution in [-0.4, -0.2) is 36.1 Å². The summed E-state index contributed by atoms with van der Waals surface area (Å²) in [6.07, 6.45) is 4.58. The molecule has 1 aliphatic heterocycles. The molecule has 1 amide bonds. The Hall–Kier alpha value is -2.66. The summed E-state index contributed by atoms with van der Waals surface area (Å²) in [6, 6.07) is 16.6. The fourth-order valence-corrected chi connectivity index (χ4v) is 4.16. The molecule has 5 nitrogen and oxygen atoms in total. The van der Waals surface area contributed by atoms with Gasteiger partial charge >= 0.3 is 0 Å². The fraction of sp³-hybridized carbons (Fsp3) is 0.417. The van der Waals surface area contributed by atoms with Gasteiger partial charge in [0.25, 0.3) is 0 Å². The summed E-state index contributed by atoms with van der Waals surface area (Å²) >= 11 is 0. The molecule has 4 rings (SSSR count). The van der Waals surface area contributed by atoms with Crippen molar-refractivity contribution in [2.75, 3.05) is 25.0 Å². The fourth-order valence-electron chi connectivity index (χ4n) is 4.16. The van der Waals surface area contributed by atoms with Crippen LogP contribution in [-0.2, 0) is 17.8 Å². The van der Waals surface area contributed by atoms with Crippen LogP contribution >= 0.6 is 0 Å². The van der Waals surface area contributed by atoms with Gasteiger partial charge in [-0.05, 0) is 62.4 Å². The minimum Gasteiger partial charge on any atom is -0.356 e. The lowest BCUT2D eigenvalue weighted by Crippen LogP contribution is -2.33. The molecule has 1 aromatic heterocycles. The van der Waals surface area contributed by atoms with E-state index in [-0.39, 0.29) is 5.91 Å². The van der Waals surface area contributed by atoms with Gasteiger partial charge < -0.3 is 9.42 Å². The average Bonchev–Trinajstić information content (AvgIpc) is 3.15. The Labute approximate surface area is 172 Å². The number of piperidine rings is 1. The smallest absolute Gasteiger partial charge is 0.223 e. The standard InChI is InChI=1S/C24H29N3O2/c1-18(28)26(2)21-9-10-22-23(25-29-24(22)16-21)11-8-19-12-14-27(15-13-19)17-20-6-4-3-5-7-20/h3-7,9-10,16,19H,8,11-15,17H2,1-2H3. The van der Waals surface area contributed by atoms with Crippen molar-refractivity contribution in [3.05, 3.63) is 59.8 Å². The molecule has 152 valence electrons. The van der Waals surface area contributed by atoms with Crippen LogP contribution in [0.4, 0.5) is 5.69 Å². The zero-order chi connectivity index (χ0) is 20.2. The summed E-state index contributed by atoms with van der Waals surface area (Å²) < 4.78 is 5.55. The second kappa shape index (κ2) is 8.78. The molecule has 0 aliphatic carbocycles. The molecule has 1 fully saturated rings. The molecule has 1 saturated heterocycles. The van der Waals surface area contributed by atoms with Crippen LogP contribution in [0, 0.1) is 5.92 Å². The highest BCUT2D eigenvalue weighted by atomic mass is 16.5. The van der Waals surface area contributed by atoms with Gasteiger partial charge in [0.15, 0.2) is 5.58 Å². The van der Waals surface area contributed by atoms with Crippen molar-refractivity contribution in [3.63, 3.8) is 0 Å². The maximum Gasteiger partial charge on any atom is 0.223 e. The molecule has 1 aliphatic rings. The summed E-state index contributed by atoms with van der Waals surface area (Å²) in [5.41, 5.74) is 4.01. The van der Waals surface area contributed by atoms with Crippen LogP contribution < -0.4 is 4.90 Å². The molecule has 0 saturated carbocycles. The van der Waals surface area contributed by atoms with E-state index < -0.39 is 0 Å². The largest absolute Gasteiger partial charge is 0.356 e. The van der Waals surface area contributed by atoms with Crippen molar-refractivity contribution in [1.29, 1.82) is 0 Å². The molecule has 5 heteroatoms. The summed E-state index contributed by atoms with van der Waals surface area (Å²) in [5.74, 6) is 0.750. The number of aromatic nitrogens is 1.